The predicted molar refractivity (Wildman–Crippen MR) is 56.8 cm³/mol. The molecule has 0 fully saturated rings. The zero-order valence-corrected chi connectivity index (χ0v) is 8.37. The Kier molecular flexibility index (Phi) is 3.51. The van der Waals surface area contributed by atoms with Crippen LogP contribution in [0.1, 0.15) is 18.4 Å². The summed E-state index contributed by atoms with van der Waals surface area (Å²) in [5, 5.41) is -0.267. The van der Waals surface area contributed by atoms with E-state index in [4.69, 9.17) is 5.73 Å². The number of hydrogen-bond donors (Lipinski definition) is 2. The second kappa shape index (κ2) is 4.44. The molecule has 0 amide bonds. The van der Waals surface area contributed by atoms with E-state index in [1.165, 1.54) is 0 Å². The molecule has 0 aliphatic carbocycles. The maximum absolute atomic E-state index is 10.9. The Balaban J connectivity index is 2.79. The summed E-state index contributed by atoms with van der Waals surface area (Å²) >= 11 is 3.72. The predicted octanol–water partition coefficient (Wildman–Crippen LogP) is 1.57. The van der Waals surface area contributed by atoms with E-state index in [-0.39, 0.29) is 11.0 Å². The maximum Gasteiger partial charge on any atom is 0.203 e. The molecule has 0 saturated carbocycles. The van der Waals surface area contributed by atoms with Crippen molar-refractivity contribution in [3.63, 3.8) is 0 Å². The minimum Gasteiger partial charge on any atom is -0.320 e. The molecule has 0 spiro atoms. The zero-order valence-electron chi connectivity index (χ0n) is 7.47. The van der Waals surface area contributed by atoms with Crippen LogP contribution in [0.5, 0.6) is 0 Å². The van der Waals surface area contributed by atoms with Gasteiger partial charge in [-0.1, -0.05) is 37.3 Å². The second-order valence-corrected chi connectivity index (χ2v) is 3.50. The molecule has 0 bridgehead atoms. The SMILES string of the molecule is C[C@H](c1ccccc1)[C@H](N)C(=O)S. The Morgan fingerprint density at radius 2 is 1.92 bits per heavy atom. The summed E-state index contributed by atoms with van der Waals surface area (Å²) in [5.74, 6) is 0.0196. The molecule has 0 radical (unpaired) electrons. The summed E-state index contributed by atoms with van der Waals surface area (Å²) in [6, 6.07) is 9.20. The molecule has 0 heterocycles. The second-order valence-electron chi connectivity index (χ2n) is 3.06. The zero-order chi connectivity index (χ0) is 9.84. The first-order chi connectivity index (χ1) is 6.13. The Bertz CT molecular complexity index is 286. The summed E-state index contributed by atoms with van der Waals surface area (Å²) in [7, 11) is 0. The van der Waals surface area contributed by atoms with E-state index in [1.54, 1.807) is 0 Å². The van der Waals surface area contributed by atoms with Crippen molar-refractivity contribution in [3.8, 4) is 0 Å². The molecule has 2 atom stereocenters. The molecule has 0 saturated heterocycles. The number of nitrogens with two attached hydrogens (primary N) is 1. The third-order valence-electron chi connectivity index (χ3n) is 2.15. The van der Waals surface area contributed by atoms with Crippen molar-refractivity contribution >= 4 is 17.7 Å². The molecular formula is C10H13NOS. The van der Waals surface area contributed by atoms with E-state index in [2.05, 4.69) is 12.6 Å². The van der Waals surface area contributed by atoms with E-state index in [0.717, 1.165) is 5.56 Å². The first-order valence-corrected chi connectivity index (χ1v) is 4.61. The molecule has 0 aromatic heterocycles. The topological polar surface area (TPSA) is 43.1 Å². The highest BCUT2D eigenvalue weighted by Crippen LogP contribution is 2.18. The van der Waals surface area contributed by atoms with Crippen molar-refractivity contribution < 1.29 is 4.79 Å². The quantitative estimate of drug-likeness (QED) is 0.719. The van der Waals surface area contributed by atoms with Crippen LogP contribution in [-0.4, -0.2) is 11.2 Å². The largest absolute Gasteiger partial charge is 0.320 e. The Hall–Kier alpha value is -0.800. The van der Waals surface area contributed by atoms with Gasteiger partial charge in [0.05, 0.1) is 6.04 Å². The smallest absolute Gasteiger partial charge is 0.203 e. The van der Waals surface area contributed by atoms with Gasteiger partial charge in [0.15, 0.2) is 0 Å². The van der Waals surface area contributed by atoms with Crippen LogP contribution in [0, 0.1) is 0 Å². The van der Waals surface area contributed by atoms with Crippen LogP contribution in [0.25, 0.3) is 0 Å². The standard InChI is InChI=1S/C10H13NOS/c1-7(9(11)10(12)13)8-5-3-2-4-6-8/h2-7,9H,11H2,1H3,(H,12,13)/t7-,9+/m1/s1. The fourth-order valence-corrected chi connectivity index (χ4v) is 1.40. The Morgan fingerprint density at radius 3 is 2.38 bits per heavy atom. The van der Waals surface area contributed by atoms with E-state index < -0.39 is 6.04 Å². The van der Waals surface area contributed by atoms with Gasteiger partial charge in [-0.25, -0.2) is 0 Å². The van der Waals surface area contributed by atoms with Gasteiger partial charge in [0.25, 0.3) is 0 Å². The van der Waals surface area contributed by atoms with Crippen LogP contribution in [0.4, 0.5) is 0 Å². The van der Waals surface area contributed by atoms with Gasteiger partial charge in [0.2, 0.25) is 5.12 Å². The van der Waals surface area contributed by atoms with Gasteiger partial charge in [-0.15, -0.1) is 12.6 Å². The average Bonchev–Trinajstić information content (AvgIpc) is 2.17. The normalized spacial score (nSPS) is 15.0. The van der Waals surface area contributed by atoms with E-state index >= 15 is 0 Å². The maximum atomic E-state index is 10.9. The molecular weight excluding hydrogens is 182 g/mol. The molecule has 1 aromatic carbocycles. The molecule has 0 aliphatic rings. The summed E-state index contributed by atoms with van der Waals surface area (Å²) in [4.78, 5) is 10.9. The summed E-state index contributed by atoms with van der Waals surface area (Å²) < 4.78 is 0. The van der Waals surface area contributed by atoms with Gasteiger partial charge in [-0.05, 0) is 5.56 Å². The minimum atomic E-state index is -0.522. The van der Waals surface area contributed by atoms with Crippen LogP contribution in [0.3, 0.4) is 0 Å². The molecule has 0 unspecified atom stereocenters. The van der Waals surface area contributed by atoms with E-state index in [1.807, 2.05) is 37.3 Å². The number of rotatable bonds is 3. The number of benzene rings is 1. The first-order valence-electron chi connectivity index (χ1n) is 4.16. The molecule has 3 heteroatoms. The number of carbonyl (C=O) groups excluding carboxylic acids is 1. The van der Waals surface area contributed by atoms with Gasteiger partial charge >= 0.3 is 0 Å². The van der Waals surface area contributed by atoms with Crippen molar-refractivity contribution in [1.82, 2.24) is 0 Å². The summed E-state index contributed by atoms with van der Waals surface area (Å²) in [6.45, 7) is 1.92. The number of carbonyl (C=O) groups is 1. The van der Waals surface area contributed by atoms with Crippen LogP contribution in [0.2, 0.25) is 0 Å². The monoisotopic (exact) mass is 195 g/mol. The van der Waals surface area contributed by atoms with Crippen molar-refractivity contribution in [2.45, 2.75) is 18.9 Å². The lowest BCUT2D eigenvalue weighted by Crippen LogP contribution is -2.32. The third-order valence-corrected chi connectivity index (χ3v) is 2.45. The molecule has 13 heavy (non-hydrogen) atoms. The highest BCUT2D eigenvalue weighted by Gasteiger charge is 2.18. The van der Waals surface area contributed by atoms with E-state index in [9.17, 15) is 4.79 Å². The van der Waals surface area contributed by atoms with Crippen LogP contribution < -0.4 is 5.73 Å². The van der Waals surface area contributed by atoms with Gasteiger partial charge in [0, 0.05) is 5.92 Å². The molecule has 2 nitrogen and oxygen atoms in total. The lowest BCUT2D eigenvalue weighted by atomic mass is 9.95. The molecule has 1 rings (SSSR count). The highest BCUT2D eigenvalue weighted by molar-refractivity contribution is 7.96. The van der Waals surface area contributed by atoms with Crippen LogP contribution >= 0.6 is 12.6 Å². The van der Waals surface area contributed by atoms with Crippen LogP contribution in [-0.2, 0) is 4.79 Å². The van der Waals surface area contributed by atoms with Gasteiger partial charge in [-0.3, -0.25) is 4.79 Å². The Morgan fingerprint density at radius 1 is 1.38 bits per heavy atom. The fraction of sp³-hybridized carbons (Fsp3) is 0.300. The van der Waals surface area contributed by atoms with Crippen LogP contribution in [0.15, 0.2) is 30.3 Å². The molecule has 0 aliphatic heterocycles. The van der Waals surface area contributed by atoms with Crippen molar-refractivity contribution in [2.24, 2.45) is 5.73 Å². The van der Waals surface area contributed by atoms with Crippen molar-refractivity contribution in [2.75, 3.05) is 0 Å². The fourth-order valence-electron chi connectivity index (χ4n) is 1.18. The highest BCUT2D eigenvalue weighted by atomic mass is 32.1. The van der Waals surface area contributed by atoms with Gasteiger partial charge < -0.3 is 5.73 Å². The summed E-state index contributed by atoms with van der Waals surface area (Å²) in [5.41, 5.74) is 6.73. The number of hydrogen-bond acceptors (Lipinski definition) is 2. The Labute approximate surface area is 83.5 Å². The van der Waals surface area contributed by atoms with Gasteiger partial charge in [0.1, 0.15) is 0 Å². The van der Waals surface area contributed by atoms with Gasteiger partial charge in [-0.2, -0.15) is 0 Å². The third kappa shape index (κ3) is 2.57. The molecule has 1 aromatic rings. The lowest BCUT2D eigenvalue weighted by molar-refractivity contribution is -0.112. The molecule has 2 N–H and O–H groups in total. The lowest BCUT2D eigenvalue weighted by Gasteiger charge is -2.16. The first kappa shape index (κ1) is 10.3. The van der Waals surface area contributed by atoms with E-state index in [0.29, 0.717) is 0 Å². The molecule has 70 valence electrons. The van der Waals surface area contributed by atoms with Crippen molar-refractivity contribution in [1.29, 1.82) is 0 Å². The average molecular weight is 195 g/mol. The number of thiol groups is 1. The minimum absolute atomic E-state index is 0.0196. The summed E-state index contributed by atoms with van der Waals surface area (Å²) in [6.07, 6.45) is 0. The van der Waals surface area contributed by atoms with Crippen molar-refractivity contribution in [3.05, 3.63) is 35.9 Å².